The molecule has 15 heavy (non-hydrogen) atoms. The Bertz CT molecular complexity index is 331. The Morgan fingerprint density at radius 3 is 2.60 bits per heavy atom. The first kappa shape index (κ1) is 13.1. The highest BCUT2D eigenvalue weighted by atomic mass is 79.9. The van der Waals surface area contributed by atoms with E-state index in [9.17, 15) is 0 Å². The van der Waals surface area contributed by atoms with E-state index in [4.69, 9.17) is 10.5 Å². The van der Waals surface area contributed by atoms with Crippen LogP contribution in [-0.4, -0.2) is 17.6 Å². The summed E-state index contributed by atoms with van der Waals surface area (Å²) in [4.78, 5) is 4.30. The van der Waals surface area contributed by atoms with Crippen molar-refractivity contribution in [3.8, 4) is 0 Å². The van der Waals surface area contributed by atoms with Gasteiger partial charge in [0.2, 0.25) is 0 Å². The quantitative estimate of drug-likeness (QED) is 0.918. The van der Waals surface area contributed by atoms with Crippen LogP contribution in [0.3, 0.4) is 0 Å². The average Bonchev–Trinajstić information content (AvgIpc) is 2.14. The summed E-state index contributed by atoms with van der Waals surface area (Å²) in [6.45, 7) is 4.39. The van der Waals surface area contributed by atoms with Gasteiger partial charge in [0.05, 0.1) is 11.8 Å². The largest absolute Gasteiger partial charge is 0.368 e. The number of pyridine rings is 1. The summed E-state index contributed by atoms with van der Waals surface area (Å²) in [5, 5.41) is 0. The number of aromatic nitrogens is 1. The molecule has 0 bridgehead atoms. The smallest absolute Gasteiger partial charge is 0.113 e. The number of ether oxygens (including phenoxy) is 1. The van der Waals surface area contributed by atoms with E-state index in [0.29, 0.717) is 6.54 Å². The molecular formula is C10H14Br2N2O. The van der Waals surface area contributed by atoms with Crippen molar-refractivity contribution in [3.05, 3.63) is 26.9 Å². The van der Waals surface area contributed by atoms with Crippen LogP contribution in [0.2, 0.25) is 0 Å². The average molecular weight is 338 g/mol. The molecule has 1 heterocycles. The summed E-state index contributed by atoms with van der Waals surface area (Å²) < 4.78 is 7.51. The van der Waals surface area contributed by atoms with Gasteiger partial charge in [-0.2, -0.15) is 0 Å². The number of nitrogens with two attached hydrogens (primary N) is 1. The van der Waals surface area contributed by atoms with Gasteiger partial charge in [-0.25, -0.2) is 0 Å². The van der Waals surface area contributed by atoms with Crippen molar-refractivity contribution in [1.82, 2.24) is 4.98 Å². The summed E-state index contributed by atoms with van der Waals surface area (Å²) >= 11 is 6.80. The minimum absolute atomic E-state index is 0.135. The Labute approximate surface area is 107 Å². The summed E-state index contributed by atoms with van der Waals surface area (Å²) in [7, 11) is 0. The second-order valence-corrected chi connectivity index (χ2v) is 5.20. The van der Waals surface area contributed by atoms with E-state index in [1.807, 2.05) is 19.9 Å². The number of halogens is 2. The second kappa shape index (κ2) is 5.94. The Morgan fingerprint density at radius 2 is 2.13 bits per heavy atom. The highest BCUT2D eigenvalue weighted by Crippen LogP contribution is 2.26. The van der Waals surface area contributed by atoms with Gasteiger partial charge in [-0.3, -0.25) is 4.98 Å². The fourth-order valence-electron chi connectivity index (χ4n) is 1.22. The Balaban J connectivity index is 2.91. The predicted molar refractivity (Wildman–Crippen MR) is 67.7 cm³/mol. The van der Waals surface area contributed by atoms with E-state index in [0.717, 1.165) is 14.6 Å². The van der Waals surface area contributed by atoms with Gasteiger partial charge in [-0.15, -0.1) is 0 Å². The van der Waals surface area contributed by atoms with Gasteiger partial charge in [-0.05, 0) is 51.8 Å². The molecule has 1 atom stereocenters. The molecule has 0 radical (unpaired) electrons. The second-order valence-electron chi connectivity index (χ2n) is 3.43. The molecule has 84 valence electrons. The molecule has 0 saturated carbocycles. The number of rotatable bonds is 4. The number of nitrogens with zero attached hydrogens (tertiary/aromatic N) is 1. The Kier molecular flexibility index (Phi) is 5.18. The van der Waals surface area contributed by atoms with Crippen molar-refractivity contribution in [1.29, 1.82) is 0 Å². The Morgan fingerprint density at radius 1 is 1.47 bits per heavy atom. The van der Waals surface area contributed by atoms with Gasteiger partial charge in [0.25, 0.3) is 0 Å². The Hall–Kier alpha value is 0.0300. The summed E-state index contributed by atoms with van der Waals surface area (Å²) in [5.41, 5.74) is 6.50. The molecule has 0 aliphatic carbocycles. The molecule has 2 N–H and O–H groups in total. The van der Waals surface area contributed by atoms with Crippen LogP contribution in [0.1, 0.15) is 25.6 Å². The van der Waals surface area contributed by atoms with Gasteiger partial charge in [-0.1, -0.05) is 0 Å². The van der Waals surface area contributed by atoms with Gasteiger partial charge in [0.15, 0.2) is 0 Å². The van der Waals surface area contributed by atoms with E-state index in [1.54, 1.807) is 6.20 Å². The molecule has 0 fully saturated rings. The lowest BCUT2D eigenvalue weighted by atomic mass is 10.2. The van der Waals surface area contributed by atoms with Crippen molar-refractivity contribution >= 4 is 31.9 Å². The van der Waals surface area contributed by atoms with Crippen molar-refractivity contribution < 1.29 is 4.74 Å². The molecule has 0 aliphatic rings. The molecule has 5 heteroatoms. The lowest BCUT2D eigenvalue weighted by Gasteiger charge is -2.19. The lowest BCUT2D eigenvalue weighted by Crippen LogP contribution is -2.20. The monoisotopic (exact) mass is 336 g/mol. The van der Waals surface area contributed by atoms with Gasteiger partial charge in [0, 0.05) is 21.7 Å². The van der Waals surface area contributed by atoms with E-state index in [-0.39, 0.29) is 12.2 Å². The number of hydrogen-bond acceptors (Lipinski definition) is 3. The first-order chi connectivity index (χ1) is 7.04. The normalized spacial score (nSPS) is 13.2. The summed E-state index contributed by atoms with van der Waals surface area (Å²) in [5.74, 6) is 0. The first-order valence-corrected chi connectivity index (χ1v) is 6.29. The van der Waals surface area contributed by atoms with Crippen LogP contribution in [-0.2, 0) is 4.74 Å². The molecule has 3 nitrogen and oxygen atoms in total. The van der Waals surface area contributed by atoms with Crippen LogP contribution in [0.4, 0.5) is 0 Å². The van der Waals surface area contributed by atoms with Crippen molar-refractivity contribution in [2.45, 2.75) is 26.1 Å². The van der Waals surface area contributed by atoms with Crippen LogP contribution in [0.5, 0.6) is 0 Å². The molecule has 0 aromatic carbocycles. The molecule has 0 aliphatic heterocycles. The zero-order valence-corrected chi connectivity index (χ0v) is 11.9. The molecule has 1 unspecified atom stereocenters. The maximum absolute atomic E-state index is 5.67. The fourth-order valence-corrected chi connectivity index (χ4v) is 2.47. The highest BCUT2D eigenvalue weighted by molar-refractivity contribution is 9.11. The molecule has 0 saturated heterocycles. The van der Waals surface area contributed by atoms with Crippen LogP contribution >= 0.6 is 31.9 Å². The molecule has 0 spiro atoms. The third kappa shape index (κ3) is 3.83. The standard InChI is InChI=1S/C10H14Br2N2O/c1-6(2)15-9(4-13)10-8(12)3-7(11)5-14-10/h3,5-6,9H,4,13H2,1-2H3. The lowest BCUT2D eigenvalue weighted by molar-refractivity contribution is 0.00913. The van der Waals surface area contributed by atoms with E-state index < -0.39 is 0 Å². The molecule has 1 aromatic rings. The van der Waals surface area contributed by atoms with Gasteiger partial charge in [0.1, 0.15) is 6.10 Å². The van der Waals surface area contributed by atoms with Gasteiger partial charge >= 0.3 is 0 Å². The van der Waals surface area contributed by atoms with Crippen molar-refractivity contribution in [3.63, 3.8) is 0 Å². The maximum Gasteiger partial charge on any atom is 0.113 e. The molecular weight excluding hydrogens is 324 g/mol. The molecule has 1 rings (SSSR count). The van der Waals surface area contributed by atoms with Crippen LogP contribution < -0.4 is 5.73 Å². The number of hydrogen-bond donors (Lipinski definition) is 1. The van der Waals surface area contributed by atoms with E-state index in [2.05, 4.69) is 36.8 Å². The predicted octanol–water partition coefficient (Wildman–Crippen LogP) is 3.03. The summed E-state index contributed by atoms with van der Waals surface area (Å²) in [6.07, 6.45) is 1.72. The zero-order chi connectivity index (χ0) is 11.4. The minimum Gasteiger partial charge on any atom is -0.368 e. The van der Waals surface area contributed by atoms with E-state index in [1.165, 1.54) is 0 Å². The minimum atomic E-state index is -0.160. The van der Waals surface area contributed by atoms with Crippen molar-refractivity contribution in [2.24, 2.45) is 5.73 Å². The third-order valence-corrected chi connectivity index (χ3v) is 2.86. The molecule has 0 amide bonds. The van der Waals surface area contributed by atoms with Crippen molar-refractivity contribution in [2.75, 3.05) is 6.54 Å². The third-order valence-electron chi connectivity index (χ3n) is 1.79. The van der Waals surface area contributed by atoms with E-state index >= 15 is 0 Å². The molecule has 1 aromatic heterocycles. The maximum atomic E-state index is 5.67. The SMILES string of the molecule is CC(C)OC(CN)c1ncc(Br)cc1Br. The highest BCUT2D eigenvalue weighted by Gasteiger charge is 2.16. The fraction of sp³-hybridized carbons (Fsp3) is 0.500. The van der Waals surface area contributed by atoms with Crippen LogP contribution in [0.15, 0.2) is 21.2 Å². The van der Waals surface area contributed by atoms with Crippen LogP contribution in [0.25, 0.3) is 0 Å². The van der Waals surface area contributed by atoms with Gasteiger partial charge < -0.3 is 10.5 Å². The zero-order valence-electron chi connectivity index (χ0n) is 8.71. The van der Waals surface area contributed by atoms with Crippen LogP contribution in [0, 0.1) is 0 Å². The topological polar surface area (TPSA) is 48.1 Å². The first-order valence-electron chi connectivity index (χ1n) is 4.71. The summed E-state index contributed by atoms with van der Waals surface area (Å²) in [6, 6.07) is 1.94.